The number of rotatable bonds is 9. The minimum Gasteiger partial charge on any atom is -0.478 e. The van der Waals surface area contributed by atoms with E-state index in [0.717, 1.165) is 18.0 Å². The smallest absolute Gasteiger partial charge is 0.328 e. The largest absolute Gasteiger partial charge is 0.478 e. The van der Waals surface area contributed by atoms with Gasteiger partial charge in [-0.15, -0.1) is 0 Å². The van der Waals surface area contributed by atoms with E-state index in [-0.39, 0.29) is 0 Å². The van der Waals surface area contributed by atoms with Crippen LogP contribution in [0.3, 0.4) is 0 Å². The first-order valence-corrected chi connectivity index (χ1v) is 14.0. The summed E-state index contributed by atoms with van der Waals surface area (Å²) in [5.74, 6) is -5.03. The number of likely N-dealkylation sites (tertiary alicyclic amines) is 1. The second-order valence-electron chi connectivity index (χ2n) is 9.02. The Morgan fingerprint density at radius 1 is 0.854 bits per heavy atom. The fourth-order valence-corrected chi connectivity index (χ4v) is 5.49. The molecule has 0 amide bonds. The maximum atomic E-state index is 9.55. The van der Waals surface area contributed by atoms with Gasteiger partial charge in [-0.05, 0) is 87.3 Å². The molecule has 41 heavy (non-hydrogen) atoms. The van der Waals surface area contributed by atoms with Crippen LogP contribution in [0.1, 0.15) is 36.4 Å². The van der Waals surface area contributed by atoms with E-state index in [1.165, 1.54) is 59.8 Å². The van der Waals surface area contributed by atoms with Crippen LogP contribution in [0.5, 0.6) is 0 Å². The number of hydrogen-bond acceptors (Lipinski definition) is 7. The minimum atomic E-state index is -1.26. The lowest BCUT2D eigenvalue weighted by Gasteiger charge is -2.21. The summed E-state index contributed by atoms with van der Waals surface area (Å²) in [7, 11) is 0. The lowest BCUT2D eigenvalue weighted by molar-refractivity contribution is -0.134. The number of fused-ring (bicyclic) bond motifs is 2. The number of hydrogen-bond donors (Lipinski definition) is 5. The van der Waals surface area contributed by atoms with Crippen LogP contribution in [-0.4, -0.2) is 75.4 Å². The summed E-state index contributed by atoms with van der Waals surface area (Å²) in [6.45, 7) is 4.86. The van der Waals surface area contributed by atoms with Gasteiger partial charge in [0.05, 0.1) is 0 Å². The molecule has 0 radical (unpaired) electrons. The van der Waals surface area contributed by atoms with E-state index in [2.05, 4.69) is 46.6 Å². The molecule has 1 fully saturated rings. The van der Waals surface area contributed by atoms with Crippen molar-refractivity contribution in [1.29, 1.82) is 0 Å². The van der Waals surface area contributed by atoms with E-state index < -0.39 is 23.9 Å². The van der Waals surface area contributed by atoms with E-state index in [1.807, 2.05) is 17.8 Å². The standard InChI is InChI=1S/C21H25ClN2S.2C4H4O4/c22-17-8-9-20-16(14-17)15-19(18-6-1-2-7-21(18)25-20)23-10-5-13-24-11-3-4-12-24;2*5-3(6)1-2-4(7)8/h1-2,6-9,14,19,23H,3-5,10-13,15H2;2*1-2H,(H,5,6)(H,7,8)/b;2*2-1-. The summed E-state index contributed by atoms with van der Waals surface area (Å²) in [5.41, 5.74) is 2.77. The van der Waals surface area contributed by atoms with Gasteiger partial charge >= 0.3 is 23.9 Å². The molecule has 1 saturated heterocycles. The highest BCUT2D eigenvalue weighted by molar-refractivity contribution is 7.99. The van der Waals surface area contributed by atoms with Crippen molar-refractivity contribution in [2.45, 2.75) is 41.5 Å². The third kappa shape index (κ3) is 13.5. The highest BCUT2D eigenvalue weighted by Gasteiger charge is 2.22. The second kappa shape index (κ2) is 17.9. The van der Waals surface area contributed by atoms with Gasteiger partial charge in [0.2, 0.25) is 0 Å². The molecule has 2 aromatic carbocycles. The average Bonchev–Trinajstić information content (AvgIpc) is 3.39. The van der Waals surface area contributed by atoms with Gasteiger partial charge in [0.15, 0.2) is 0 Å². The van der Waals surface area contributed by atoms with Crippen molar-refractivity contribution in [3.05, 3.63) is 82.9 Å². The van der Waals surface area contributed by atoms with Crippen molar-refractivity contribution in [2.24, 2.45) is 0 Å². The number of nitrogens with one attached hydrogen (secondary N) is 1. The van der Waals surface area contributed by atoms with E-state index in [0.29, 0.717) is 30.3 Å². The quantitative estimate of drug-likeness (QED) is 0.201. The highest BCUT2D eigenvalue weighted by atomic mass is 35.5. The van der Waals surface area contributed by atoms with Crippen LogP contribution in [0, 0.1) is 0 Å². The van der Waals surface area contributed by atoms with Crippen molar-refractivity contribution >= 4 is 47.2 Å². The van der Waals surface area contributed by atoms with Crippen molar-refractivity contribution in [1.82, 2.24) is 10.2 Å². The summed E-state index contributed by atoms with van der Waals surface area (Å²) in [4.78, 5) is 43.5. The Morgan fingerprint density at radius 2 is 1.41 bits per heavy atom. The molecule has 2 heterocycles. The van der Waals surface area contributed by atoms with Gasteiger partial charge in [0.1, 0.15) is 0 Å². The lowest BCUT2D eigenvalue weighted by Crippen LogP contribution is -2.28. The molecule has 0 aromatic heterocycles. The Morgan fingerprint density at radius 3 is 1.98 bits per heavy atom. The van der Waals surface area contributed by atoms with Crippen LogP contribution in [0.2, 0.25) is 5.02 Å². The highest BCUT2D eigenvalue weighted by Crippen LogP contribution is 2.41. The molecule has 1 unspecified atom stereocenters. The van der Waals surface area contributed by atoms with E-state index in [1.54, 1.807) is 0 Å². The third-order valence-electron chi connectivity index (χ3n) is 5.94. The molecule has 0 aliphatic carbocycles. The van der Waals surface area contributed by atoms with Crippen LogP contribution in [0.4, 0.5) is 0 Å². The van der Waals surface area contributed by atoms with E-state index >= 15 is 0 Å². The number of nitrogens with zero attached hydrogens (tertiary/aromatic N) is 1. The zero-order chi connectivity index (χ0) is 30.2. The van der Waals surface area contributed by atoms with Crippen LogP contribution >= 0.6 is 23.4 Å². The van der Waals surface area contributed by atoms with Gasteiger partial charge in [0.25, 0.3) is 0 Å². The Hall–Kier alpha value is -3.64. The zero-order valence-corrected chi connectivity index (χ0v) is 23.8. The minimum absolute atomic E-state index is 0.363. The first-order valence-electron chi connectivity index (χ1n) is 12.8. The molecule has 2 aliphatic heterocycles. The fourth-order valence-electron chi connectivity index (χ4n) is 4.17. The van der Waals surface area contributed by atoms with Crippen LogP contribution < -0.4 is 5.32 Å². The summed E-state index contributed by atoms with van der Waals surface area (Å²) in [6, 6.07) is 15.5. The van der Waals surface area contributed by atoms with Crippen molar-refractivity contribution in [3.63, 3.8) is 0 Å². The first-order chi connectivity index (χ1) is 19.5. The lowest BCUT2D eigenvalue weighted by atomic mass is 9.99. The van der Waals surface area contributed by atoms with Gasteiger partial charge in [-0.1, -0.05) is 41.6 Å². The molecule has 4 rings (SSSR count). The summed E-state index contributed by atoms with van der Waals surface area (Å²) in [6.07, 6.45) is 7.20. The molecule has 0 saturated carbocycles. The molecule has 0 bridgehead atoms. The molecule has 12 heteroatoms. The van der Waals surface area contributed by atoms with Crippen molar-refractivity contribution in [2.75, 3.05) is 26.2 Å². The number of aliphatic carboxylic acids is 4. The molecule has 5 N–H and O–H groups in total. The Bertz CT molecular complexity index is 1200. The summed E-state index contributed by atoms with van der Waals surface area (Å²) < 4.78 is 0. The van der Waals surface area contributed by atoms with Crippen molar-refractivity contribution in [3.8, 4) is 0 Å². The Labute approximate surface area is 247 Å². The van der Waals surface area contributed by atoms with Crippen LogP contribution in [0.25, 0.3) is 0 Å². The van der Waals surface area contributed by atoms with Gasteiger partial charge in [0, 0.05) is 45.2 Å². The molecule has 10 nitrogen and oxygen atoms in total. The number of carboxylic acids is 4. The Balaban J connectivity index is 0.000000304. The van der Waals surface area contributed by atoms with Gasteiger partial charge in [-0.3, -0.25) is 0 Å². The van der Waals surface area contributed by atoms with Gasteiger partial charge in [-0.25, -0.2) is 19.2 Å². The van der Waals surface area contributed by atoms with Gasteiger partial charge in [-0.2, -0.15) is 0 Å². The maximum absolute atomic E-state index is 9.55. The van der Waals surface area contributed by atoms with E-state index in [4.69, 9.17) is 32.0 Å². The molecule has 0 spiro atoms. The monoisotopic (exact) mass is 604 g/mol. The Kier molecular flexibility index (Phi) is 14.7. The number of carboxylic acid groups (broad SMARTS) is 4. The number of carbonyl (C=O) groups is 4. The fraction of sp³-hybridized carbons (Fsp3) is 0.310. The SMILES string of the molecule is Clc1ccc2c(c1)CC(NCCCN1CCCC1)c1ccccc1S2.O=C(O)/C=C\C(=O)O.O=C(O)/C=C\C(=O)O. The summed E-state index contributed by atoms with van der Waals surface area (Å²) >= 11 is 8.12. The first kappa shape index (κ1) is 33.6. The predicted molar refractivity (Wildman–Crippen MR) is 156 cm³/mol. The number of halogens is 1. The maximum Gasteiger partial charge on any atom is 0.328 e. The average molecular weight is 605 g/mol. The normalized spacial score (nSPS) is 16.0. The predicted octanol–water partition coefficient (Wildman–Crippen LogP) is 4.59. The number of benzene rings is 2. The molecule has 2 aliphatic rings. The zero-order valence-electron chi connectivity index (χ0n) is 22.2. The molecular formula is C29H33ClN2O8S. The molecule has 220 valence electrons. The van der Waals surface area contributed by atoms with Crippen LogP contribution in [0.15, 0.2) is 76.6 Å². The topological polar surface area (TPSA) is 164 Å². The van der Waals surface area contributed by atoms with Crippen LogP contribution in [-0.2, 0) is 25.6 Å². The van der Waals surface area contributed by atoms with E-state index in [9.17, 15) is 19.2 Å². The second-order valence-corrected chi connectivity index (χ2v) is 10.5. The van der Waals surface area contributed by atoms with Crippen molar-refractivity contribution < 1.29 is 39.6 Å². The summed E-state index contributed by atoms with van der Waals surface area (Å²) in [5, 5.41) is 35.9. The molecule has 1 atom stereocenters. The van der Waals surface area contributed by atoms with Gasteiger partial charge < -0.3 is 30.6 Å². The molecular weight excluding hydrogens is 572 g/mol. The third-order valence-corrected chi connectivity index (χ3v) is 7.38. The molecule has 2 aromatic rings.